The van der Waals surface area contributed by atoms with E-state index in [1.165, 1.54) is 5.56 Å². The van der Waals surface area contributed by atoms with Crippen LogP contribution in [-0.4, -0.2) is 37.9 Å². The Hall–Kier alpha value is -2.80. The third-order valence-electron chi connectivity index (χ3n) is 4.61. The van der Waals surface area contributed by atoms with Crippen LogP contribution in [0.1, 0.15) is 28.4 Å². The summed E-state index contributed by atoms with van der Waals surface area (Å²) in [5.74, 6) is 1.64. The molecule has 4 rings (SSSR count). The van der Waals surface area contributed by atoms with Crippen LogP contribution in [0.25, 0.3) is 0 Å². The van der Waals surface area contributed by atoms with Crippen LogP contribution < -0.4 is 5.32 Å². The Bertz CT molecular complexity index is 863. The van der Waals surface area contributed by atoms with Gasteiger partial charge in [-0.1, -0.05) is 6.07 Å². The zero-order valence-electron chi connectivity index (χ0n) is 14.9. The molecule has 1 N–H and O–H groups in total. The Balaban J connectivity index is 1.44. The van der Waals surface area contributed by atoms with Gasteiger partial charge in [-0.05, 0) is 18.1 Å². The number of hydrogen-bond acceptors (Lipinski definition) is 7. The molecule has 0 amide bonds. The Morgan fingerprint density at radius 2 is 2.15 bits per heavy atom. The minimum atomic E-state index is 0.708. The van der Waals surface area contributed by atoms with Gasteiger partial charge in [-0.3, -0.25) is 9.88 Å². The van der Waals surface area contributed by atoms with Gasteiger partial charge in [0.05, 0.1) is 11.4 Å². The largest absolute Gasteiger partial charge is 0.449 e. The summed E-state index contributed by atoms with van der Waals surface area (Å²) in [6.07, 6.45) is 8.88. The van der Waals surface area contributed by atoms with Crippen molar-refractivity contribution in [2.24, 2.45) is 0 Å². The summed E-state index contributed by atoms with van der Waals surface area (Å²) in [6.45, 7) is 5.29. The quantitative estimate of drug-likeness (QED) is 0.757. The molecule has 0 spiro atoms. The standard InChI is InChI=1S/C19H22N6O/c1-14-24-16(12-26-14)11-25-7-4-17-18(5-8-25)22-13-23-19(17)21-10-15-3-2-6-20-9-15/h2-3,6,9,12-13H,4-5,7-8,10-11H2,1H3,(H,21,22,23). The third-order valence-corrected chi connectivity index (χ3v) is 4.61. The number of oxazole rings is 1. The van der Waals surface area contributed by atoms with E-state index in [1.807, 2.05) is 19.2 Å². The summed E-state index contributed by atoms with van der Waals surface area (Å²) >= 11 is 0. The second kappa shape index (κ2) is 7.61. The first-order valence-electron chi connectivity index (χ1n) is 8.87. The lowest BCUT2D eigenvalue weighted by Gasteiger charge is -2.17. The van der Waals surface area contributed by atoms with Crippen LogP contribution in [0, 0.1) is 6.92 Å². The predicted octanol–water partition coefficient (Wildman–Crippen LogP) is 2.38. The molecule has 1 aliphatic heterocycles. The van der Waals surface area contributed by atoms with Crippen LogP contribution in [0.15, 0.2) is 41.5 Å². The maximum atomic E-state index is 5.32. The van der Waals surface area contributed by atoms with Gasteiger partial charge in [-0.15, -0.1) is 0 Å². The van der Waals surface area contributed by atoms with Crippen LogP contribution in [0.5, 0.6) is 0 Å². The second-order valence-electron chi connectivity index (χ2n) is 6.50. The molecule has 7 nitrogen and oxygen atoms in total. The molecule has 0 atom stereocenters. The molecule has 0 unspecified atom stereocenters. The van der Waals surface area contributed by atoms with Gasteiger partial charge in [0.1, 0.15) is 18.4 Å². The first kappa shape index (κ1) is 16.7. The molecule has 0 saturated carbocycles. The van der Waals surface area contributed by atoms with E-state index in [4.69, 9.17) is 4.42 Å². The number of nitrogens with one attached hydrogen (secondary N) is 1. The monoisotopic (exact) mass is 350 g/mol. The summed E-state index contributed by atoms with van der Waals surface area (Å²) in [5.41, 5.74) is 4.47. The highest BCUT2D eigenvalue weighted by Gasteiger charge is 2.19. The number of rotatable bonds is 5. The molecule has 4 heterocycles. The van der Waals surface area contributed by atoms with E-state index in [9.17, 15) is 0 Å². The number of pyridine rings is 1. The molecule has 0 aromatic carbocycles. The van der Waals surface area contributed by atoms with Crippen molar-refractivity contribution in [2.75, 3.05) is 18.4 Å². The van der Waals surface area contributed by atoms with Crippen molar-refractivity contribution in [3.05, 3.63) is 65.5 Å². The molecule has 3 aromatic heterocycles. The predicted molar refractivity (Wildman–Crippen MR) is 97.5 cm³/mol. The van der Waals surface area contributed by atoms with E-state index in [1.54, 1.807) is 18.8 Å². The average molecular weight is 350 g/mol. The third kappa shape index (κ3) is 3.88. The lowest BCUT2D eigenvalue weighted by Crippen LogP contribution is -2.26. The van der Waals surface area contributed by atoms with Crippen molar-refractivity contribution in [2.45, 2.75) is 32.9 Å². The summed E-state index contributed by atoms with van der Waals surface area (Å²) in [4.78, 5) is 20.0. The van der Waals surface area contributed by atoms with Crippen molar-refractivity contribution in [3.63, 3.8) is 0 Å². The molecule has 0 bridgehead atoms. The normalized spacial score (nSPS) is 14.7. The van der Waals surface area contributed by atoms with Gasteiger partial charge in [0, 0.05) is 57.5 Å². The average Bonchev–Trinajstić information content (AvgIpc) is 2.96. The lowest BCUT2D eigenvalue weighted by molar-refractivity contribution is 0.275. The first-order valence-corrected chi connectivity index (χ1v) is 8.87. The zero-order valence-corrected chi connectivity index (χ0v) is 14.9. The summed E-state index contributed by atoms with van der Waals surface area (Å²) in [5, 5.41) is 3.45. The van der Waals surface area contributed by atoms with E-state index in [0.717, 1.165) is 55.2 Å². The molecule has 26 heavy (non-hydrogen) atoms. The maximum Gasteiger partial charge on any atom is 0.191 e. The summed E-state index contributed by atoms with van der Waals surface area (Å²) in [7, 11) is 0. The molecule has 7 heteroatoms. The number of aryl methyl sites for hydroxylation is 1. The topological polar surface area (TPSA) is 80.0 Å². The van der Waals surface area contributed by atoms with E-state index in [0.29, 0.717) is 12.4 Å². The highest BCUT2D eigenvalue weighted by molar-refractivity contribution is 5.47. The van der Waals surface area contributed by atoms with E-state index in [-0.39, 0.29) is 0 Å². The van der Waals surface area contributed by atoms with Crippen molar-refractivity contribution >= 4 is 5.82 Å². The van der Waals surface area contributed by atoms with Crippen molar-refractivity contribution in [3.8, 4) is 0 Å². The number of hydrogen-bond donors (Lipinski definition) is 1. The Kier molecular flexibility index (Phi) is 4.88. The molecule has 0 aliphatic carbocycles. The molecule has 1 aliphatic rings. The van der Waals surface area contributed by atoms with Crippen LogP contribution in [-0.2, 0) is 25.9 Å². The fraction of sp³-hybridized carbons (Fsp3) is 0.368. The van der Waals surface area contributed by atoms with Gasteiger partial charge in [-0.25, -0.2) is 15.0 Å². The maximum absolute atomic E-state index is 5.32. The summed E-state index contributed by atoms with van der Waals surface area (Å²) in [6, 6.07) is 4.00. The van der Waals surface area contributed by atoms with Gasteiger partial charge in [0.15, 0.2) is 5.89 Å². The van der Waals surface area contributed by atoms with Crippen molar-refractivity contribution in [1.82, 2.24) is 24.8 Å². The fourth-order valence-electron chi connectivity index (χ4n) is 3.28. The van der Waals surface area contributed by atoms with Crippen LogP contribution in [0.4, 0.5) is 5.82 Å². The van der Waals surface area contributed by atoms with E-state index in [2.05, 4.69) is 36.2 Å². The SMILES string of the molecule is Cc1nc(CN2CCc3ncnc(NCc4cccnc4)c3CC2)co1. The van der Waals surface area contributed by atoms with Gasteiger partial charge in [0.2, 0.25) is 0 Å². The number of aromatic nitrogens is 4. The molecule has 3 aromatic rings. The fourth-order valence-corrected chi connectivity index (χ4v) is 3.28. The molecule has 0 radical (unpaired) electrons. The number of nitrogens with zero attached hydrogens (tertiary/aromatic N) is 5. The second-order valence-corrected chi connectivity index (χ2v) is 6.50. The molecule has 0 fully saturated rings. The minimum Gasteiger partial charge on any atom is -0.449 e. The molecule has 0 saturated heterocycles. The number of fused-ring (bicyclic) bond motifs is 1. The highest BCUT2D eigenvalue weighted by atomic mass is 16.3. The molecular formula is C19H22N6O. The van der Waals surface area contributed by atoms with E-state index >= 15 is 0 Å². The zero-order chi connectivity index (χ0) is 17.8. The Morgan fingerprint density at radius 1 is 1.23 bits per heavy atom. The van der Waals surface area contributed by atoms with Gasteiger partial charge in [0.25, 0.3) is 0 Å². The van der Waals surface area contributed by atoms with Gasteiger partial charge >= 0.3 is 0 Å². The Morgan fingerprint density at radius 3 is 2.96 bits per heavy atom. The van der Waals surface area contributed by atoms with Crippen molar-refractivity contribution in [1.29, 1.82) is 0 Å². The van der Waals surface area contributed by atoms with Crippen molar-refractivity contribution < 1.29 is 4.42 Å². The summed E-state index contributed by atoms with van der Waals surface area (Å²) < 4.78 is 5.32. The van der Waals surface area contributed by atoms with Crippen LogP contribution in [0.2, 0.25) is 0 Å². The lowest BCUT2D eigenvalue weighted by atomic mass is 10.1. The first-order chi connectivity index (χ1) is 12.8. The highest BCUT2D eigenvalue weighted by Crippen LogP contribution is 2.21. The van der Waals surface area contributed by atoms with Gasteiger partial charge in [-0.2, -0.15) is 0 Å². The molecule has 134 valence electrons. The van der Waals surface area contributed by atoms with Crippen LogP contribution in [0.3, 0.4) is 0 Å². The van der Waals surface area contributed by atoms with Gasteiger partial charge < -0.3 is 9.73 Å². The smallest absolute Gasteiger partial charge is 0.191 e. The Labute approximate surface area is 152 Å². The number of anilines is 1. The van der Waals surface area contributed by atoms with Crippen LogP contribution >= 0.6 is 0 Å². The van der Waals surface area contributed by atoms with E-state index < -0.39 is 0 Å². The molecular weight excluding hydrogens is 328 g/mol. The minimum absolute atomic E-state index is 0.708.